The maximum Gasteiger partial charge on any atom is 0.330 e. The predicted octanol–water partition coefficient (Wildman–Crippen LogP) is 4.57. The number of aliphatic hydroxyl groups excluding tert-OH is 1. The Morgan fingerprint density at radius 2 is 1.50 bits per heavy atom. The maximum atomic E-state index is 13.5. The molecule has 0 aliphatic carbocycles. The van der Waals surface area contributed by atoms with Gasteiger partial charge in [-0.3, -0.25) is 9.69 Å². The first-order chi connectivity index (χ1) is 17.0. The molecule has 0 aliphatic rings. The van der Waals surface area contributed by atoms with Crippen molar-refractivity contribution in [3.8, 4) is 11.1 Å². The molecule has 0 bridgehead atoms. The Bertz CT molecular complexity index is 1170. The lowest BCUT2D eigenvalue weighted by atomic mass is 9.97. The van der Waals surface area contributed by atoms with Crippen molar-refractivity contribution in [2.75, 3.05) is 14.2 Å². The molecule has 0 saturated carbocycles. The second kappa shape index (κ2) is 11.5. The lowest BCUT2D eigenvalue weighted by Crippen LogP contribution is -2.57. The number of likely N-dealkylation sites (N-methyl/N-ethyl adjacent to an activating group) is 1. The van der Waals surface area contributed by atoms with Gasteiger partial charge in [0.2, 0.25) is 5.91 Å². The van der Waals surface area contributed by atoms with Gasteiger partial charge >= 0.3 is 5.97 Å². The number of nitrogens with zero attached hydrogens (tertiary/aromatic N) is 1. The van der Waals surface area contributed by atoms with Gasteiger partial charge in [-0.15, -0.1) is 0 Å². The first kappa shape index (κ1) is 27.1. The van der Waals surface area contributed by atoms with Crippen molar-refractivity contribution in [2.24, 2.45) is 0 Å². The Hall–Kier alpha value is -3.48. The van der Waals surface area contributed by atoms with Gasteiger partial charge in [-0.1, -0.05) is 83.9 Å². The minimum absolute atomic E-state index is 0.344. The van der Waals surface area contributed by atoms with Gasteiger partial charge in [-0.25, -0.2) is 4.79 Å². The quantitative estimate of drug-likeness (QED) is 0.341. The molecule has 3 rings (SSSR count). The summed E-state index contributed by atoms with van der Waals surface area (Å²) in [5.74, 6) is -0.914. The van der Waals surface area contributed by atoms with Crippen LogP contribution in [0.4, 0.5) is 0 Å². The number of hydrogen-bond acceptors (Lipinski definition) is 5. The van der Waals surface area contributed by atoms with E-state index >= 15 is 0 Å². The van der Waals surface area contributed by atoms with Crippen LogP contribution in [0.3, 0.4) is 0 Å². The van der Waals surface area contributed by atoms with Crippen molar-refractivity contribution in [1.82, 2.24) is 10.2 Å². The molecule has 36 heavy (non-hydrogen) atoms. The molecule has 0 saturated heterocycles. The molecule has 0 aromatic heterocycles. The van der Waals surface area contributed by atoms with Crippen LogP contribution in [0.1, 0.15) is 42.3 Å². The number of amides is 1. The van der Waals surface area contributed by atoms with Crippen LogP contribution >= 0.6 is 0 Å². The van der Waals surface area contributed by atoms with Crippen molar-refractivity contribution in [2.45, 2.75) is 51.9 Å². The Balaban J connectivity index is 1.90. The molecule has 6 nitrogen and oxygen atoms in total. The van der Waals surface area contributed by atoms with Crippen LogP contribution in [0.5, 0.6) is 0 Å². The highest BCUT2D eigenvalue weighted by Crippen LogP contribution is 2.25. The average molecular weight is 489 g/mol. The Labute approximate surface area is 213 Å². The molecule has 2 N–H and O–H groups in total. The molecule has 6 heteroatoms. The normalized spacial score (nSPS) is 13.2. The summed E-state index contributed by atoms with van der Waals surface area (Å²) in [5, 5.41) is 14.0. The highest BCUT2D eigenvalue weighted by Gasteiger charge is 2.36. The molecular formula is C30H36N2O4. The van der Waals surface area contributed by atoms with Gasteiger partial charge in [-0.05, 0) is 63.4 Å². The number of aryl methyl sites for hydroxylation is 2. The monoisotopic (exact) mass is 488 g/mol. The van der Waals surface area contributed by atoms with E-state index in [4.69, 9.17) is 4.74 Å². The van der Waals surface area contributed by atoms with Crippen molar-refractivity contribution in [3.05, 3.63) is 95.1 Å². The number of ether oxygens (including phenoxy) is 1. The third-order valence-corrected chi connectivity index (χ3v) is 6.34. The average Bonchev–Trinajstić information content (AvgIpc) is 2.85. The summed E-state index contributed by atoms with van der Waals surface area (Å²) in [5.41, 5.74) is 4.68. The van der Waals surface area contributed by atoms with Crippen LogP contribution in [0.15, 0.2) is 72.8 Å². The zero-order valence-electron chi connectivity index (χ0n) is 21.9. The van der Waals surface area contributed by atoms with Gasteiger partial charge in [0.25, 0.3) is 0 Å². The molecule has 1 amide bonds. The van der Waals surface area contributed by atoms with E-state index in [2.05, 4.69) is 5.32 Å². The van der Waals surface area contributed by atoms with E-state index in [0.29, 0.717) is 12.0 Å². The molecule has 0 radical (unpaired) electrons. The number of hydrogen-bond donors (Lipinski definition) is 2. The minimum atomic E-state index is -1.22. The summed E-state index contributed by atoms with van der Waals surface area (Å²) in [6.45, 7) is 7.15. The van der Waals surface area contributed by atoms with E-state index in [9.17, 15) is 14.7 Å². The fourth-order valence-corrected chi connectivity index (χ4v) is 4.37. The molecule has 190 valence electrons. The number of aliphatic hydroxyl groups is 1. The minimum Gasteiger partial charge on any atom is -0.467 e. The van der Waals surface area contributed by atoms with E-state index < -0.39 is 23.8 Å². The molecule has 3 aromatic rings. The van der Waals surface area contributed by atoms with Gasteiger partial charge in [0.15, 0.2) is 0 Å². The number of nitrogens with one attached hydrogen (secondary N) is 1. The van der Waals surface area contributed by atoms with E-state index in [-0.39, 0.29) is 5.91 Å². The fourth-order valence-electron chi connectivity index (χ4n) is 4.37. The van der Waals surface area contributed by atoms with Crippen molar-refractivity contribution >= 4 is 11.9 Å². The third-order valence-electron chi connectivity index (χ3n) is 6.34. The summed E-state index contributed by atoms with van der Waals surface area (Å²) in [6, 6.07) is 23.2. The Morgan fingerprint density at radius 3 is 2.06 bits per heavy atom. The fraction of sp³-hybridized carbons (Fsp3) is 0.333. The largest absolute Gasteiger partial charge is 0.467 e. The highest BCUT2D eigenvalue weighted by molar-refractivity contribution is 5.90. The number of rotatable bonds is 9. The number of methoxy groups -OCH3 is 1. The van der Waals surface area contributed by atoms with Crippen LogP contribution in [0.2, 0.25) is 0 Å². The summed E-state index contributed by atoms with van der Waals surface area (Å²) in [4.78, 5) is 27.4. The second-order valence-electron chi connectivity index (χ2n) is 9.85. The zero-order valence-corrected chi connectivity index (χ0v) is 21.9. The van der Waals surface area contributed by atoms with Crippen LogP contribution in [-0.2, 0) is 20.7 Å². The summed E-state index contributed by atoms with van der Waals surface area (Å²) >= 11 is 0. The maximum absolute atomic E-state index is 13.5. The van der Waals surface area contributed by atoms with E-state index in [0.717, 1.165) is 27.8 Å². The number of carbonyl (C=O) groups is 2. The lowest BCUT2D eigenvalue weighted by Gasteiger charge is -2.34. The van der Waals surface area contributed by atoms with Crippen LogP contribution in [0.25, 0.3) is 11.1 Å². The zero-order chi connectivity index (χ0) is 26.5. The first-order valence-electron chi connectivity index (χ1n) is 12.0. The smallest absolute Gasteiger partial charge is 0.330 e. The van der Waals surface area contributed by atoms with Crippen LogP contribution in [-0.4, -0.2) is 47.6 Å². The highest BCUT2D eigenvalue weighted by atomic mass is 16.5. The molecule has 2 atom stereocenters. The van der Waals surface area contributed by atoms with E-state index in [1.165, 1.54) is 7.11 Å². The van der Waals surface area contributed by atoms with Crippen molar-refractivity contribution in [1.29, 1.82) is 0 Å². The Morgan fingerprint density at radius 1 is 0.944 bits per heavy atom. The molecule has 0 heterocycles. The standard InChI is InChI=1S/C30H36N2O4/c1-20-16-21(2)18-25(17-20)28(34)32(5)26(27(33)31-30(3,4)29(35)36-6)19-22-12-14-24(15-13-22)23-10-8-7-9-11-23/h7-18,26,28,34H,19H2,1-6H3,(H,31,33). The molecule has 3 aromatic carbocycles. The molecular weight excluding hydrogens is 452 g/mol. The van der Waals surface area contributed by atoms with Gasteiger partial charge in [0.05, 0.1) is 13.2 Å². The first-order valence-corrected chi connectivity index (χ1v) is 12.0. The topological polar surface area (TPSA) is 78.9 Å². The van der Waals surface area contributed by atoms with Crippen LogP contribution in [0, 0.1) is 13.8 Å². The lowest BCUT2D eigenvalue weighted by molar-refractivity contribution is -0.150. The number of benzene rings is 3. The molecule has 0 aliphatic heterocycles. The number of carbonyl (C=O) groups excluding carboxylic acids is 2. The summed E-state index contributed by atoms with van der Waals surface area (Å²) < 4.78 is 4.86. The van der Waals surface area contributed by atoms with Gasteiger partial charge in [0, 0.05) is 0 Å². The van der Waals surface area contributed by atoms with Crippen LogP contribution < -0.4 is 5.32 Å². The summed E-state index contributed by atoms with van der Waals surface area (Å²) in [6.07, 6.45) is -0.666. The van der Waals surface area contributed by atoms with Gasteiger partial charge in [0.1, 0.15) is 11.8 Å². The Kier molecular flexibility index (Phi) is 8.66. The van der Waals surface area contributed by atoms with Gasteiger partial charge < -0.3 is 15.2 Å². The molecule has 0 spiro atoms. The third kappa shape index (κ3) is 6.59. The number of esters is 1. The molecule has 2 unspecified atom stereocenters. The van der Waals surface area contributed by atoms with Crippen molar-refractivity contribution < 1.29 is 19.4 Å². The van der Waals surface area contributed by atoms with E-state index in [1.54, 1.807) is 25.8 Å². The predicted molar refractivity (Wildman–Crippen MR) is 142 cm³/mol. The molecule has 0 fully saturated rings. The van der Waals surface area contributed by atoms with Gasteiger partial charge in [-0.2, -0.15) is 0 Å². The van der Waals surface area contributed by atoms with E-state index in [1.807, 2.05) is 86.6 Å². The summed E-state index contributed by atoms with van der Waals surface area (Å²) in [7, 11) is 3.01. The van der Waals surface area contributed by atoms with Crippen molar-refractivity contribution in [3.63, 3.8) is 0 Å². The second-order valence-corrected chi connectivity index (χ2v) is 9.85. The SMILES string of the molecule is COC(=O)C(C)(C)NC(=O)C(Cc1ccc(-c2ccccc2)cc1)N(C)C(O)c1cc(C)cc(C)c1.